The zero-order valence-corrected chi connectivity index (χ0v) is 13.7. The Bertz CT molecular complexity index is 493. The zero-order chi connectivity index (χ0) is 15.2. The number of halogens is 1. The van der Waals surface area contributed by atoms with Gasteiger partial charge in [-0.1, -0.05) is 34.8 Å². The molecular formula is C14H20ClN2O3S-. The Balaban J connectivity index is 2.01. The van der Waals surface area contributed by atoms with Crippen molar-refractivity contribution in [2.24, 2.45) is 0 Å². The monoisotopic (exact) mass is 331 g/mol. The van der Waals surface area contributed by atoms with E-state index >= 15 is 0 Å². The van der Waals surface area contributed by atoms with Crippen LogP contribution in [0.4, 0.5) is 5.69 Å². The fourth-order valence-corrected chi connectivity index (χ4v) is 3.37. The number of hydrogen-bond acceptors (Lipinski definition) is 5. The molecule has 0 amide bonds. The van der Waals surface area contributed by atoms with Gasteiger partial charge in [-0.15, -0.1) is 0 Å². The third-order valence-electron chi connectivity index (χ3n) is 3.66. The Labute approximate surface area is 133 Å². The Morgan fingerprint density at radius 2 is 2.05 bits per heavy atom. The largest absolute Gasteiger partial charge is 0.772 e. The lowest BCUT2D eigenvalue weighted by atomic mass is 10.2. The molecule has 2 rings (SSSR count). The number of benzene rings is 1. The maximum absolute atomic E-state index is 10.9. The van der Waals surface area contributed by atoms with Gasteiger partial charge < -0.3 is 14.2 Å². The molecule has 0 N–H and O–H groups in total. The Kier molecular flexibility index (Phi) is 6.44. The van der Waals surface area contributed by atoms with E-state index in [9.17, 15) is 8.76 Å². The van der Waals surface area contributed by atoms with Gasteiger partial charge in [0.1, 0.15) is 0 Å². The molecule has 21 heavy (non-hydrogen) atoms. The molecule has 1 aromatic carbocycles. The summed E-state index contributed by atoms with van der Waals surface area (Å²) in [6.07, 6.45) is 0. The molecule has 1 atom stereocenters. The summed E-state index contributed by atoms with van der Waals surface area (Å²) in [5, 5.41) is 0.548. The van der Waals surface area contributed by atoms with E-state index in [2.05, 4.69) is 9.80 Å². The summed E-state index contributed by atoms with van der Waals surface area (Å²) in [7, 11) is 1.71. The van der Waals surface area contributed by atoms with Crippen LogP contribution in [0.1, 0.15) is 5.56 Å². The Morgan fingerprint density at radius 1 is 1.33 bits per heavy atom. The maximum Gasteiger partial charge on any atom is 0.0680 e. The molecule has 1 aliphatic heterocycles. The highest BCUT2D eigenvalue weighted by Crippen LogP contribution is 2.30. The van der Waals surface area contributed by atoms with Crippen LogP contribution in [0, 0.1) is 0 Å². The van der Waals surface area contributed by atoms with Crippen LogP contribution in [0.2, 0.25) is 5.02 Å². The molecule has 1 aromatic rings. The third-order valence-corrected chi connectivity index (χ3v) is 4.64. The minimum Gasteiger partial charge on any atom is -0.772 e. The molecule has 0 spiro atoms. The highest BCUT2D eigenvalue weighted by Gasteiger charge is 2.19. The van der Waals surface area contributed by atoms with Crippen molar-refractivity contribution in [1.29, 1.82) is 0 Å². The standard InChI is InChI=1S/C14H21ClN2O3S/c1-20-10-9-16-5-7-17(8-6-16)13-4-2-3-12(14(13)15)11-21(18)19/h2-4H,5-11H2,1H3,(H,18,19)/p-1. The molecule has 0 radical (unpaired) electrons. The predicted octanol–water partition coefficient (Wildman–Crippen LogP) is 1.49. The molecule has 1 heterocycles. The predicted molar refractivity (Wildman–Crippen MR) is 84.6 cm³/mol. The van der Waals surface area contributed by atoms with Crippen LogP contribution in [0.5, 0.6) is 0 Å². The van der Waals surface area contributed by atoms with E-state index < -0.39 is 11.1 Å². The van der Waals surface area contributed by atoms with Gasteiger partial charge in [-0.2, -0.15) is 0 Å². The summed E-state index contributed by atoms with van der Waals surface area (Å²) < 4.78 is 26.8. The second-order valence-corrected chi connectivity index (χ2v) is 6.29. The summed E-state index contributed by atoms with van der Waals surface area (Å²) in [6, 6.07) is 5.57. The van der Waals surface area contributed by atoms with Crippen molar-refractivity contribution in [3.63, 3.8) is 0 Å². The lowest BCUT2D eigenvalue weighted by Crippen LogP contribution is -2.47. The van der Waals surface area contributed by atoms with Crippen LogP contribution in [0.3, 0.4) is 0 Å². The molecule has 0 saturated carbocycles. The first-order valence-corrected chi connectivity index (χ1v) is 8.53. The molecule has 0 aromatic heterocycles. The molecule has 5 nitrogen and oxygen atoms in total. The normalized spacial score (nSPS) is 18.0. The first kappa shape index (κ1) is 16.7. The highest BCUT2D eigenvalue weighted by atomic mass is 35.5. The van der Waals surface area contributed by atoms with Gasteiger partial charge in [-0.3, -0.25) is 9.11 Å². The van der Waals surface area contributed by atoms with Crippen LogP contribution in [0.15, 0.2) is 18.2 Å². The maximum atomic E-state index is 10.9. The van der Waals surface area contributed by atoms with Crippen LogP contribution in [-0.2, 0) is 21.6 Å². The van der Waals surface area contributed by atoms with Gasteiger partial charge in [0.15, 0.2) is 0 Å². The number of ether oxygens (including phenoxy) is 1. The van der Waals surface area contributed by atoms with Crippen molar-refractivity contribution in [3.05, 3.63) is 28.8 Å². The molecule has 1 unspecified atom stereocenters. The van der Waals surface area contributed by atoms with Crippen molar-refractivity contribution in [1.82, 2.24) is 4.90 Å². The summed E-state index contributed by atoms with van der Waals surface area (Å²) in [5.41, 5.74) is 1.58. The van der Waals surface area contributed by atoms with E-state index in [1.165, 1.54) is 0 Å². The summed E-state index contributed by atoms with van der Waals surface area (Å²) in [4.78, 5) is 4.56. The Hall–Kier alpha value is -0.660. The number of rotatable bonds is 6. The third kappa shape index (κ3) is 4.66. The summed E-state index contributed by atoms with van der Waals surface area (Å²) >= 11 is 4.23. The van der Waals surface area contributed by atoms with Crippen molar-refractivity contribution < 1.29 is 13.5 Å². The average molecular weight is 332 g/mol. The van der Waals surface area contributed by atoms with Gasteiger partial charge in [0.25, 0.3) is 0 Å². The van der Waals surface area contributed by atoms with E-state index in [1.807, 2.05) is 12.1 Å². The van der Waals surface area contributed by atoms with E-state index in [4.69, 9.17) is 16.3 Å². The highest BCUT2D eigenvalue weighted by molar-refractivity contribution is 7.78. The number of nitrogens with zero attached hydrogens (tertiary/aromatic N) is 2. The molecule has 0 aliphatic carbocycles. The quantitative estimate of drug-likeness (QED) is 0.739. The second-order valence-electron chi connectivity index (χ2n) is 5.02. The smallest absolute Gasteiger partial charge is 0.0680 e. The fourth-order valence-electron chi connectivity index (χ4n) is 2.48. The first-order valence-electron chi connectivity index (χ1n) is 6.91. The van der Waals surface area contributed by atoms with E-state index in [0.717, 1.165) is 45.0 Å². The summed E-state index contributed by atoms with van der Waals surface area (Å²) in [6.45, 7) is 5.36. The summed E-state index contributed by atoms with van der Waals surface area (Å²) in [5.74, 6) is -0.0412. The van der Waals surface area contributed by atoms with Crippen molar-refractivity contribution in [2.45, 2.75) is 5.75 Å². The van der Waals surface area contributed by atoms with Gasteiger partial charge >= 0.3 is 0 Å². The van der Waals surface area contributed by atoms with Gasteiger partial charge in [0.2, 0.25) is 0 Å². The molecular weight excluding hydrogens is 312 g/mol. The zero-order valence-electron chi connectivity index (χ0n) is 12.1. The van der Waals surface area contributed by atoms with Crippen molar-refractivity contribution >= 4 is 28.4 Å². The minimum absolute atomic E-state index is 0.0412. The first-order chi connectivity index (χ1) is 10.1. The number of piperazine rings is 1. The molecule has 1 aliphatic rings. The average Bonchev–Trinajstić information content (AvgIpc) is 2.47. The Morgan fingerprint density at radius 3 is 2.67 bits per heavy atom. The van der Waals surface area contributed by atoms with Crippen molar-refractivity contribution in [2.75, 3.05) is 51.3 Å². The molecule has 1 fully saturated rings. The van der Waals surface area contributed by atoms with E-state index in [1.54, 1.807) is 13.2 Å². The van der Waals surface area contributed by atoms with Gasteiger partial charge in [-0.25, -0.2) is 0 Å². The number of hydrogen-bond donors (Lipinski definition) is 0. The van der Waals surface area contributed by atoms with Crippen LogP contribution < -0.4 is 4.90 Å². The van der Waals surface area contributed by atoms with Gasteiger partial charge in [-0.05, 0) is 11.6 Å². The van der Waals surface area contributed by atoms with Crippen LogP contribution >= 0.6 is 11.6 Å². The lowest BCUT2D eigenvalue weighted by molar-refractivity contribution is 0.144. The van der Waals surface area contributed by atoms with Gasteiger partial charge in [0.05, 0.1) is 17.3 Å². The van der Waals surface area contributed by atoms with Crippen LogP contribution in [0.25, 0.3) is 0 Å². The fraction of sp³-hybridized carbons (Fsp3) is 0.571. The SMILES string of the molecule is COCCN1CCN(c2cccc(CS(=O)[O-])c2Cl)CC1. The second kappa shape index (κ2) is 8.10. The number of anilines is 1. The van der Waals surface area contributed by atoms with Crippen LogP contribution in [-0.4, -0.2) is 60.1 Å². The molecule has 7 heteroatoms. The molecule has 0 bridgehead atoms. The van der Waals surface area contributed by atoms with E-state index in [-0.39, 0.29) is 5.75 Å². The number of methoxy groups -OCH3 is 1. The lowest BCUT2D eigenvalue weighted by Gasteiger charge is -2.36. The topological polar surface area (TPSA) is 55.8 Å². The van der Waals surface area contributed by atoms with E-state index in [0.29, 0.717) is 10.6 Å². The van der Waals surface area contributed by atoms with Gasteiger partial charge in [0, 0.05) is 45.6 Å². The molecule has 1 saturated heterocycles. The molecule has 118 valence electrons. The minimum atomic E-state index is -2.12. The van der Waals surface area contributed by atoms with Crippen molar-refractivity contribution in [3.8, 4) is 0 Å².